The summed E-state index contributed by atoms with van der Waals surface area (Å²) in [7, 11) is 1.63. The lowest BCUT2D eigenvalue weighted by Gasteiger charge is -1.95. The van der Waals surface area contributed by atoms with Crippen molar-refractivity contribution < 1.29 is 9.15 Å². The van der Waals surface area contributed by atoms with Gasteiger partial charge in [-0.15, -0.1) is 0 Å². The first-order valence-corrected chi connectivity index (χ1v) is 4.97. The van der Waals surface area contributed by atoms with Crippen LogP contribution in [0.5, 0.6) is 5.75 Å². The van der Waals surface area contributed by atoms with Crippen molar-refractivity contribution in [3.05, 3.63) is 24.1 Å². The minimum atomic E-state index is 0.655. The third-order valence-electron chi connectivity index (χ3n) is 2.23. The average molecular weight is 206 g/mol. The molecule has 1 aromatic carbocycles. The first kappa shape index (κ1) is 9.98. The number of hydrogen-bond donors (Lipinski definition) is 1. The third-order valence-corrected chi connectivity index (χ3v) is 2.23. The quantitative estimate of drug-likeness (QED) is 0.827. The number of benzene rings is 1. The molecule has 4 nitrogen and oxygen atoms in total. The summed E-state index contributed by atoms with van der Waals surface area (Å²) >= 11 is 0. The molecule has 4 heteroatoms. The molecule has 0 fully saturated rings. The lowest BCUT2D eigenvalue weighted by Crippen LogP contribution is -2.00. The second kappa shape index (κ2) is 4.31. The predicted molar refractivity (Wildman–Crippen MR) is 57.9 cm³/mol. The van der Waals surface area contributed by atoms with Gasteiger partial charge in [-0.3, -0.25) is 0 Å². The molecule has 0 aliphatic rings. The van der Waals surface area contributed by atoms with E-state index < -0.39 is 0 Å². The summed E-state index contributed by atoms with van der Waals surface area (Å²) in [5, 5.41) is 0. The fraction of sp³-hybridized carbons (Fsp3) is 0.364. The number of rotatable bonds is 4. The van der Waals surface area contributed by atoms with Crippen LogP contribution in [0, 0.1) is 0 Å². The van der Waals surface area contributed by atoms with E-state index in [-0.39, 0.29) is 0 Å². The zero-order chi connectivity index (χ0) is 10.7. The van der Waals surface area contributed by atoms with Crippen LogP contribution in [0.15, 0.2) is 22.6 Å². The summed E-state index contributed by atoms with van der Waals surface area (Å²) in [5.41, 5.74) is 7.06. The second-order valence-corrected chi connectivity index (χ2v) is 3.33. The van der Waals surface area contributed by atoms with Crippen molar-refractivity contribution in [2.45, 2.75) is 12.8 Å². The highest BCUT2D eigenvalue weighted by molar-refractivity contribution is 5.74. The van der Waals surface area contributed by atoms with Crippen molar-refractivity contribution >= 4 is 11.1 Å². The Morgan fingerprint density at radius 1 is 1.47 bits per heavy atom. The fourth-order valence-electron chi connectivity index (χ4n) is 1.44. The Morgan fingerprint density at radius 2 is 2.33 bits per heavy atom. The summed E-state index contributed by atoms with van der Waals surface area (Å²) in [5.74, 6) is 1.52. The van der Waals surface area contributed by atoms with Gasteiger partial charge in [0.15, 0.2) is 11.5 Å². The first-order chi connectivity index (χ1) is 7.33. The van der Waals surface area contributed by atoms with Gasteiger partial charge in [0, 0.05) is 12.5 Å². The summed E-state index contributed by atoms with van der Waals surface area (Å²) in [6.45, 7) is 0.655. The van der Waals surface area contributed by atoms with Crippen molar-refractivity contribution in [2.24, 2.45) is 5.73 Å². The maximum absolute atomic E-state index is 5.57. The number of nitrogens with zero attached hydrogens (tertiary/aromatic N) is 1. The smallest absolute Gasteiger partial charge is 0.195 e. The van der Waals surface area contributed by atoms with E-state index in [9.17, 15) is 0 Å². The molecule has 0 unspecified atom stereocenters. The zero-order valence-corrected chi connectivity index (χ0v) is 8.69. The van der Waals surface area contributed by atoms with Crippen LogP contribution in [0.25, 0.3) is 11.1 Å². The van der Waals surface area contributed by atoms with Gasteiger partial charge in [-0.2, -0.15) is 0 Å². The van der Waals surface area contributed by atoms with Crippen LogP contribution in [-0.2, 0) is 6.42 Å². The molecule has 1 aromatic heterocycles. The van der Waals surface area contributed by atoms with Gasteiger partial charge >= 0.3 is 0 Å². The second-order valence-electron chi connectivity index (χ2n) is 3.33. The van der Waals surface area contributed by atoms with Crippen molar-refractivity contribution in [1.29, 1.82) is 0 Å². The van der Waals surface area contributed by atoms with E-state index in [0.29, 0.717) is 6.54 Å². The maximum Gasteiger partial charge on any atom is 0.195 e. The van der Waals surface area contributed by atoms with Crippen LogP contribution in [0.4, 0.5) is 0 Å². The van der Waals surface area contributed by atoms with E-state index in [0.717, 1.165) is 35.6 Å². The number of ether oxygens (including phenoxy) is 1. The van der Waals surface area contributed by atoms with Gasteiger partial charge < -0.3 is 14.9 Å². The molecule has 2 aromatic rings. The van der Waals surface area contributed by atoms with E-state index in [1.54, 1.807) is 7.11 Å². The van der Waals surface area contributed by atoms with Crippen LogP contribution >= 0.6 is 0 Å². The number of fused-ring (bicyclic) bond motifs is 1. The third kappa shape index (κ3) is 2.10. The van der Waals surface area contributed by atoms with Gasteiger partial charge in [-0.05, 0) is 25.1 Å². The van der Waals surface area contributed by atoms with Gasteiger partial charge in [-0.1, -0.05) is 0 Å². The molecule has 0 aliphatic carbocycles. The highest BCUT2D eigenvalue weighted by atomic mass is 16.5. The van der Waals surface area contributed by atoms with Gasteiger partial charge in [0.1, 0.15) is 11.3 Å². The summed E-state index contributed by atoms with van der Waals surface area (Å²) in [6, 6.07) is 5.61. The minimum Gasteiger partial charge on any atom is -0.497 e. The highest BCUT2D eigenvalue weighted by Gasteiger charge is 2.05. The fourth-order valence-corrected chi connectivity index (χ4v) is 1.44. The molecule has 0 saturated heterocycles. The predicted octanol–water partition coefficient (Wildman–Crippen LogP) is 1.73. The number of oxazole rings is 1. The normalized spacial score (nSPS) is 10.8. The van der Waals surface area contributed by atoms with E-state index >= 15 is 0 Å². The maximum atomic E-state index is 5.57. The number of methoxy groups -OCH3 is 1. The lowest BCUT2D eigenvalue weighted by molar-refractivity contribution is 0.414. The van der Waals surface area contributed by atoms with Crippen LogP contribution in [0.2, 0.25) is 0 Å². The Bertz CT molecular complexity index is 451. The van der Waals surface area contributed by atoms with E-state index in [1.165, 1.54) is 0 Å². The topological polar surface area (TPSA) is 61.3 Å². The molecule has 0 amide bonds. The van der Waals surface area contributed by atoms with Gasteiger partial charge in [0.25, 0.3) is 0 Å². The summed E-state index contributed by atoms with van der Waals surface area (Å²) in [6.07, 6.45) is 1.68. The van der Waals surface area contributed by atoms with Crippen LogP contribution in [-0.4, -0.2) is 18.6 Å². The SMILES string of the molecule is COc1ccc2nc(CCCN)oc2c1. The molecule has 80 valence electrons. The highest BCUT2D eigenvalue weighted by Crippen LogP contribution is 2.21. The first-order valence-electron chi connectivity index (χ1n) is 4.97. The molecule has 0 bridgehead atoms. The van der Waals surface area contributed by atoms with Crippen LogP contribution < -0.4 is 10.5 Å². The Morgan fingerprint density at radius 3 is 3.07 bits per heavy atom. The Hall–Kier alpha value is -1.55. The molecule has 2 N–H and O–H groups in total. The van der Waals surface area contributed by atoms with Crippen molar-refractivity contribution in [2.75, 3.05) is 13.7 Å². The largest absolute Gasteiger partial charge is 0.497 e. The molecule has 0 saturated carbocycles. The van der Waals surface area contributed by atoms with Crippen molar-refractivity contribution in [3.63, 3.8) is 0 Å². The van der Waals surface area contributed by atoms with Gasteiger partial charge in [0.05, 0.1) is 7.11 Å². The number of nitrogens with two attached hydrogens (primary N) is 1. The zero-order valence-electron chi connectivity index (χ0n) is 8.69. The van der Waals surface area contributed by atoms with E-state index in [2.05, 4.69) is 4.98 Å². The van der Waals surface area contributed by atoms with E-state index in [4.69, 9.17) is 14.9 Å². The number of hydrogen-bond acceptors (Lipinski definition) is 4. The van der Waals surface area contributed by atoms with Crippen molar-refractivity contribution in [3.8, 4) is 5.75 Å². The molecule has 15 heavy (non-hydrogen) atoms. The van der Waals surface area contributed by atoms with E-state index in [1.807, 2.05) is 18.2 Å². The number of aryl methyl sites for hydroxylation is 1. The van der Waals surface area contributed by atoms with Gasteiger partial charge in [-0.25, -0.2) is 4.98 Å². The minimum absolute atomic E-state index is 0.655. The Labute approximate surface area is 88.0 Å². The molecule has 0 atom stereocenters. The monoisotopic (exact) mass is 206 g/mol. The molecule has 0 radical (unpaired) electrons. The summed E-state index contributed by atoms with van der Waals surface area (Å²) in [4.78, 5) is 4.35. The van der Waals surface area contributed by atoms with Gasteiger partial charge in [0.2, 0.25) is 0 Å². The Kier molecular flexibility index (Phi) is 2.87. The summed E-state index contributed by atoms with van der Waals surface area (Å²) < 4.78 is 10.7. The molecule has 0 aliphatic heterocycles. The number of aromatic nitrogens is 1. The Balaban J connectivity index is 2.29. The lowest BCUT2D eigenvalue weighted by atomic mass is 10.3. The van der Waals surface area contributed by atoms with Crippen LogP contribution in [0.3, 0.4) is 0 Å². The van der Waals surface area contributed by atoms with Crippen molar-refractivity contribution in [1.82, 2.24) is 4.98 Å². The van der Waals surface area contributed by atoms with Crippen LogP contribution in [0.1, 0.15) is 12.3 Å². The molecular formula is C11H14N2O2. The standard InChI is InChI=1S/C11H14N2O2/c1-14-8-4-5-9-10(7-8)15-11(13-9)3-2-6-12/h4-5,7H,2-3,6,12H2,1H3. The molecule has 0 spiro atoms. The molecular weight excluding hydrogens is 192 g/mol. The molecule has 2 rings (SSSR count). The molecule has 1 heterocycles. The average Bonchev–Trinajstić information content (AvgIpc) is 2.67.